The second kappa shape index (κ2) is 6.37. The highest BCUT2D eigenvalue weighted by atomic mass is 35.5. The molecule has 0 fully saturated rings. The van der Waals surface area contributed by atoms with Crippen molar-refractivity contribution >= 4 is 17.6 Å². The summed E-state index contributed by atoms with van der Waals surface area (Å²) in [7, 11) is 0. The van der Waals surface area contributed by atoms with Crippen molar-refractivity contribution in [2.75, 3.05) is 19.8 Å². The van der Waals surface area contributed by atoms with Gasteiger partial charge >= 0.3 is 5.97 Å². The fraction of sp³-hybridized carbons (Fsp3) is 0.400. The highest BCUT2D eigenvalue weighted by molar-refractivity contribution is 6.29. The average Bonchev–Trinajstić information content (AvgIpc) is 2.24. The number of halogens is 1. The van der Waals surface area contributed by atoms with E-state index in [0.29, 0.717) is 13.2 Å². The molecule has 0 amide bonds. The fourth-order valence-electron chi connectivity index (χ4n) is 0.934. The van der Waals surface area contributed by atoms with Crippen LogP contribution in [0, 0.1) is 0 Å². The van der Waals surface area contributed by atoms with Gasteiger partial charge in [-0.25, -0.2) is 9.78 Å². The van der Waals surface area contributed by atoms with Crippen LogP contribution in [0.15, 0.2) is 18.2 Å². The number of hydrogen-bond acceptors (Lipinski definition) is 4. The van der Waals surface area contributed by atoms with Crippen molar-refractivity contribution in [2.24, 2.45) is 0 Å². The summed E-state index contributed by atoms with van der Waals surface area (Å²) in [6.07, 6.45) is 0. The van der Waals surface area contributed by atoms with Crippen LogP contribution < -0.4 is 0 Å². The van der Waals surface area contributed by atoms with Crippen LogP contribution in [0.3, 0.4) is 0 Å². The Balaban J connectivity index is 2.40. The molecule has 0 aliphatic heterocycles. The molecule has 15 heavy (non-hydrogen) atoms. The van der Waals surface area contributed by atoms with Crippen molar-refractivity contribution in [1.82, 2.24) is 4.98 Å². The van der Waals surface area contributed by atoms with Gasteiger partial charge in [-0.2, -0.15) is 0 Å². The van der Waals surface area contributed by atoms with E-state index in [1.807, 2.05) is 6.92 Å². The lowest BCUT2D eigenvalue weighted by Gasteiger charge is -2.04. The van der Waals surface area contributed by atoms with E-state index in [9.17, 15) is 4.79 Å². The van der Waals surface area contributed by atoms with E-state index in [4.69, 9.17) is 21.1 Å². The minimum atomic E-state index is -0.489. The van der Waals surface area contributed by atoms with Crippen LogP contribution >= 0.6 is 11.6 Å². The number of hydrogen-bond donors (Lipinski definition) is 0. The topological polar surface area (TPSA) is 48.4 Å². The zero-order valence-electron chi connectivity index (χ0n) is 8.40. The number of aromatic nitrogens is 1. The maximum absolute atomic E-state index is 11.4. The molecule has 0 N–H and O–H groups in total. The van der Waals surface area contributed by atoms with Gasteiger partial charge in [0.15, 0.2) is 0 Å². The third kappa shape index (κ3) is 4.27. The first-order valence-corrected chi connectivity index (χ1v) is 4.99. The number of pyridine rings is 1. The molecule has 82 valence electrons. The largest absolute Gasteiger partial charge is 0.459 e. The smallest absolute Gasteiger partial charge is 0.357 e. The van der Waals surface area contributed by atoms with Crippen molar-refractivity contribution < 1.29 is 14.3 Å². The van der Waals surface area contributed by atoms with E-state index in [1.54, 1.807) is 18.2 Å². The zero-order chi connectivity index (χ0) is 11.1. The van der Waals surface area contributed by atoms with E-state index >= 15 is 0 Å². The van der Waals surface area contributed by atoms with E-state index in [0.717, 1.165) is 0 Å². The first kappa shape index (κ1) is 11.9. The summed E-state index contributed by atoms with van der Waals surface area (Å²) >= 11 is 5.63. The highest BCUT2D eigenvalue weighted by Gasteiger charge is 2.08. The lowest BCUT2D eigenvalue weighted by Crippen LogP contribution is -2.12. The van der Waals surface area contributed by atoms with Gasteiger partial charge < -0.3 is 9.47 Å². The Morgan fingerprint density at radius 3 is 2.93 bits per heavy atom. The van der Waals surface area contributed by atoms with Crippen LogP contribution in [0.25, 0.3) is 0 Å². The molecular formula is C10H12ClNO3. The maximum atomic E-state index is 11.4. The number of nitrogens with zero attached hydrogens (tertiary/aromatic N) is 1. The molecule has 4 nitrogen and oxygen atoms in total. The molecule has 1 rings (SSSR count). The van der Waals surface area contributed by atoms with E-state index in [-0.39, 0.29) is 17.5 Å². The van der Waals surface area contributed by atoms with E-state index in [2.05, 4.69) is 4.98 Å². The third-order valence-electron chi connectivity index (χ3n) is 1.59. The van der Waals surface area contributed by atoms with Crippen molar-refractivity contribution in [3.8, 4) is 0 Å². The normalized spacial score (nSPS) is 10.0. The van der Waals surface area contributed by atoms with Gasteiger partial charge in [0, 0.05) is 6.61 Å². The molecule has 0 aliphatic carbocycles. The van der Waals surface area contributed by atoms with Gasteiger partial charge in [0.25, 0.3) is 0 Å². The zero-order valence-corrected chi connectivity index (χ0v) is 9.16. The Hall–Kier alpha value is -1.13. The Morgan fingerprint density at radius 2 is 2.27 bits per heavy atom. The molecule has 0 radical (unpaired) electrons. The van der Waals surface area contributed by atoms with Crippen LogP contribution in [-0.4, -0.2) is 30.8 Å². The SMILES string of the molecule is CCOCCOC(=O)c1cccc(Cl)n1. The summed E-state index contributed by atoms with van der Waals surface area (Å²) in [5.74, 6) is -0.489. The summed E-state index contributed by atoms with van der Waals surface area (Å²) in [6.45, 7) is 3.09. The lowest BCUT2D eigenvalue weighted by atomic mass is 10.3. The molecule has 0 aliphatic rings. The van der Waals surface area contributed by atoms with Gasteiger partial charge in [-0.15, -0.1) is 0 Å². The predicted molar refractivity (Wildman–Crippen MR) is 56.0 cm³/mol. The molecule has 0 bridgehead atoms. The predicted octanol–water partition coefficient (Wildman–Crippen LogP) is 1.93. The molecule has 0 aromatic carbocycles. The van der Waals surface area contributed by atoms with Gasteiger partial charge in [0.2, 0.25) is 0 Å². The number of esters is 1. The summed E-state index contributed by atoms with van der Waals surface area (Å²) < 4.78 is 9.92. The lowest BCUT2D eigenvalue weighted by molar-refractivity contribution is 0.0329. The van der Waals surface area contributed by atoms with Crippen LogP contribution in [0.2, 0.25) is 5.15 Å². The molecular weight excluding hydrogens is 218 g/mol. The molecule has 0 saturated carbocycles. The van der Waals surface area contributed by atoms with Gasteiger partial charge in [-0.05, 0) is 19.1 Å². The molecule has 1 heterocycles. The van der Waals surface area contributed by atoms with Crippen LogP contribution in [0.1, 0.15) is 17.4 Å². The molecule has 0 saturated heterocycles. The molecule has 1 aromatic heterocycles. The molecule has 0 unspecified atom stereocenters. The summed E-state index contributed by atoms with van der Waals surface area (Å²) in [6, 6.07) is 4.79. The fourth-order valence-corrected chi connectivity index (χ4v) is 1.10. The summed E-state index contributed by atoms with van der Waals surface area (Å²) in [5, 5.41) is 0.272. The average molecular weight is 230 g/mol. The van der Waals surface area contributed by atoms with Gasteiger partial charge in [-0.3, -0.25) is 0 Å². The van der Waals surface area contributed by atoms with Gasteiger partial charge in [0.05, 0.1) is 6.61 Å². The molecule has 0 spiro atoms. The second-order valence-electron chi connectivity index (χ2n) is 2.68. The quantitative estimate of drug-likeness (QED) is 0.440. The molecule has 1 aromatic rings. The monoisotopic (exact) mass is 229 g/mol. The Bertz CT molecular complexity index is 330. The first-order valence-electron chi connectivity index (χ1n) is 4.61. The van der Waals surface area contributed by atoms with E-state index < -0.39 is 5.97 Å². The Labute approximate surface area is 93.2 Å². The van der Waals surface area contributed by atoms with Crippen molar-refractivity contribution in [1.29, 1.82) is 0 Å². The van der Waals surface area contributed by atoms with E-state index in [1.165, 1.54) is 0 Å². The van der Waals surface area contributed by atoms with Crippen molar-refractivity contribution in [3.05, 3.63) is 29.0 Å². The summed E-state index contributed by atoms with van der Waals surface area (Å²) in [4.78, 5) is 15.2. The molecule has 0 atom stereocenters. The minimum absolute atomic E-state index is 0.207. The number of carbonyl (C=O) groups excluding carboxylic acids is 1. The minimum Gasteiger partial charge on any atom is -0.459 e. The van der Waals surface area contributed by atoms with Crippen LogP contribution in [0.4, 0.5) is 0 Å². The number of carbonyl (C=O) groups is 1. The maximum Gasteiger partial charge on any atom is 0.357 e. The van der Waals surface area contributed by atoms with Crippen LogP contribution in [-0.2, 0) is 9.47 Å². The second-order valence-corrected chi connectivity index (χ2v) is 3.07. The Morgan fingerprint density at radius 1 is 1.47 bits per heavy atom. The highest BCUT2D eigenvalue weighted by Crippen LogP contribution is 2.05. The number of ether oxygens (including phenoxy) is 2. The van der Waals surface area contributed by atoms with Gasteiger partial charge in [0.1, 0.15) is 17.5 Å². The van der Waals surface area contributed by atoms with Crippen molar-refractivity contribution in [2.45, 2.75) is 6.92 Å². The van der Waals surface area contributed by atoms with Crippen molar-refractivity contribution in [3.63, 3.8) is 0 Å². The number of rotatable bonds is 5. The first-order chi connectivity index (χ1) is 7.24. The summed E-state index contributed by atoms with van der Waals surface area (Å²) in [5.41, 5.74) is 0.207. The Kier molecular flexibility index (Phi) is 5.07. The standard InChI is InChI=1S/C10H12ClNO3/c1-2-14-6-7-15-10(13)8-4-3-5-9(11)12-8/h3-5H,2,6-7H2,1H3. The van der Waals surface area contributed by atoms with Gasteiger partial charge in [-0.1, -0.05) is 17.7 Å². The third-order valence-corrected chi connectivity index (χ3v) is 1.80. The van der Waals surface area contributed by atoms with Crippen LogP contribution in [0.5, 0.6) is 0 Å². The molecule has 5 heteroatoms.